The fraction of sp³-hybridized carbons (Fsp3) is 0.630. The normalized spacial score (nSPS) is 18.4. The van der Waals surface area contributed by atoms with Gasteiger partial charge in [0.15, 0.2) is 0 Å². The van der Waals surface area contributed by atoms with E-state index in [0.29, 0.717) is 30.1 Å². The van der Waals surface area contributed by atoms with Gasteiger partial charge >= 0.3 is 6.03 Å². The second-order valence-corrected chi connectivity index (χ2v) is 10.3. The lowest BCUT2D eigenvalue weighted by Crippen LogP contribution is -2.47. The standard InChI is InChI=1S/C27H41N5O2/c1-21(2)19-32-20-25(23-9-4-5-10-24(23)26(32)33)29-27(34)28-13-8-14-30-17-11-22(12-18-30)31-15-6-3-7-16-31/h4-5,9-10,20-22H,3,6-8,11-19H2,1-2H3,(H2,28,29,34). The average Bonchev–Trinajstić information content (AvgIpc) is 2.85. The Bertz CT molecular complexity index is 1000. The molecule has 2 aliphatic heterocycles. The minimum absolute atomic E-state index is 0.0145. The highest BCUT2D eigenvalue weighted by atomic mass is 16.2. The van der Waals surface area contributed by atoms with Crippen LogP contribution in [-0.2, 0) is 6.54 Å². The summed E-state index contributed by atoms with van der Waals surface area (Å²) in [5.41, 5.74) is 0.660. The van der Waals surface area contributed by atoms with E-state index in [2.05, 4.69) is 34.3 Å². The van der Waals surface area contributed by atoms with Crippen LogP contribution in [0.3, 0.4) is 0 Å². The van der Waals surface area contributed by atoms with Crippen molar-refractivity contribution in [3.05, 3.63) is 40.8 Å². The van der Waals surface area contributed by atoms with Crippen molar-refractivity contribution >= 4 is 22.5 Å². The van der Waals surface area contributed by atoms with Crippen LogP contribution < -0.4 is 16.2 Å². The maximum absolute atomic E-state index is 12.8. The molecule has 7 heteroatoms. The number of nitrogens with one attached hydrogen (secondary N) is 2. The van der Waals surface area contributed by atoms with Gasteiger partial charge in [-0.2, -0.15) is 0 Å². The molecule has 0 aliphatic carbocycles. The highest BCUT2D eigenvalue weighted by Crippen LogP contribution is 2.22. The Morgan fingerprint density at radius 2 is 1.74 bits per heavy atom. The molecule has 3 heterocycles. The molecule has 2 saturated heterocycles. The van der Waals surface area contributed by atoms with Crippen LogP contribution in [0.4, 0.5) is 10.5 Å². The molecule has 2 aliphatic rings. The third-order valence-corrected chi connectivity index (χ3v) is 7.20. The topological polar surface area (TPSA) is 69.6 Å². The van der Waals surface area contributed by atoms with Crippen LogP contribution in [0.15, 0.2) is 35.3 Å². The van der Waals surface area contributed by atoms with E-state index in [4.69, 9.17) is 0 Å². The van der Waals surface area contributed by atoms with Gasteiger partial charge in [0, 0.05) is 36.1 Å². The van der Waals surface area contributed by atoms with Crippen molar-refractivity contribution in [1.29, 1.82) is 0 Å². The van der Waals surface area contributed by atoms with Gasteiger partial charge in [-0.25, -0.2) is 4.79 Å². The van der Waals surface area contributed by atoms with E-state index in [9.17, 15) is 9.59 Å². The maximum Gasteiger partial charge on any atom is 0.319 e. The molecular formula is C27H41N5O2. The summed E-state index contributed by atoms with van der Waals surface area (Å²) in [5.74, 6) is 0.338. The number of hydrogen-bond donors (Lipinski definition) is 2. The predicted molar refractivity (Wildman–Crippen MR) is 140 cm³/mol. The molecule has 0 unspecified atom stereocenters. The van der Waals surface area contributed by atoms with Crippen LogP contribution in [0.25, 0.3) is 10.8 Å². The number of nitrogens with zero attached hydrogens (tertiary/aromatic N) is 3. The first-order valence-electron chi connectivity index (χ1n) is 13.1. The SMILES string of the molecule is CC(C)Cn1cc(NC(=O)NCCCN2CCC(N3CCCCC3)CC2)c2ccccc2c1=O. The number of rotatable bonds is 8. The minimum Gasteiger partial charge on any atom is -0.338 e. The number of likely N-dealkylation sites (tertiary alicyclic amines) is 2. The van der Waals surface area contributed by atoms with Crippen molar-refractivity contribution in [3.63, 3.8) is 0 Å². The van der Waals surface area contributed by atoms with Crippen molar-refractivity contribution in [2.75, 3.05) is 44.6 Å². The van der Waals surface area contributed by atoms with Crippen LogP contribution in [0, 0.1) is 5.92 Å². The molecule has 186 valence electrons. The molecule has 0 saturated carbocycles. The quantitative estimate of drug-likeness (QED) is 0.573. The van der Waals surface area contributed by atoms with Crippen molar-refractivity contribution in [1.82, 2.24) is 19.7 Å². The molecule has 0 atom stereocenters. The molecule has 1 aromatic carbocycles. The summed E-state index contributed by atoms with van der Waals surface area (Å²) in [6.07, 6.45) is 9.38. The van der Waals surface area contributed by atoms with Crippen molar-refractivity contribution < 1.29 is 4.79 Å². The first-order chi connectivity index (χ1) is 16.5. The number of carbonyl (C=O) groups is 1. The van der Waals surface area contributed by atoms with Crippen LogP contribution >= 0.6 is 0 Å². The van der Waals surface area contributed by atoms with Crippen LogP contribution in [0.1, 0.15) is 52.4 Å². The van der Waals surface area contributed by atoms with Gasteiger partial charge in [-0.05, 0) is 76.8 Å². The van der Waals surface area contributed by atoms with E-state index < -0.39 is 0 Å². The van der Waals surface area contributed by atoms with Crippen molar-refractivity contribution in [2.45, 2.75) is 65.0 Å². The van der Waals surface area contributed by atoms with Gasteiger partial charge in [0.05, 0.1) is 5.69 Å². The molecule has 0 bridgehead atoms. The Kier molecular flexibility index (Phi) is 8.62. The number of pyridine rings is 1. The minimum atomic E-state index is -0.219. The summed E-state index contributed by atoms with van der Waals surface area (Å²) in [4.78, 5) is 30.7. The summed E-state index contributed by atoms with van der Waals surface area (Å²) in [6, 6.07) is 8.03. The Hall–Kier alpha value is -2.38. The zero-order valence-electron chi connectivity index (χ0n) is 20.9. The lowest BCUT2D eigenvalue weighted by molar-refractivity contribution is 0.0922. The summed E-state index contributed by atoms with van der Waals surface area (Å²) in [5, 5.41) is 7.39. The molecular weight excluding hydrogens is 426 g/mol. The number of piperidine rings is 2. The van der Waals surface area contributed by atoms with Gasteiger partial charge in [0.1, 0.15) is 0 Å². The van der Waals surface area contributed by atoms with Crippen LogP contribution in [0.2, 0.25) is 0 Å². The fourth-order valence-electron chi connectivity index (χ4n) is 5.43. The highest BCUT2D eigenvalue weighted by molar-refractivity contribution is 6.00. The lowest BCUT2D eigenvalue weighted by atomic mass is 10.00. The van der Waals surface area contributed by atoms with Gasteiger partial charge in [0.2, 0.25) is 0 Å². The first kappa shape index (κ1) is 24.7. The van der Waals surface area contributed by atoms with E-state index in [-0.39, 0.29) is 11.6 Å². The van der Waals surface area contributed by atoms with Gasteiger partial charge in [-0.3, -0.25) is 4.79 Å². The Balaban J connectivity index is 1.24. The monoisotopic (exact) mass is 467 g/mol. The second-order valence-electron chi connectivity index (χ2n) is 10.3. The maximum atomic E-state index is 12.8. The third kappa shape index (κ3) is 6.39. The fourth-order valence-corrected chi connectivity index (χ4v) is 5.43. The smallest absolute Gasteiger partial charge is 0.319 e. The predicted octanol–water partition coefficient (Wildman–Crippen LogP) is 4.12. The van der Waals surface area contributed by atoms with Crippen LogP contribution in [-0.4, -0.2) is 65.7 Å². The molecule has 2 amide bonds. The average molecular weight is 468 g/mol. The largest absolute Gasteiger partial charge is 0.338 e. The molecule has 34 heavy (non-hydrogen) atoms. The molecule has 1 aromatic heterocycles. The molecule has 0 radical (unpaired) electrons. The lowest BCUT2D eigenvalue weighted by Gasteiger charge is -2.40. The number of carbonyl (C=O) groups excluding carboxylic acids is 1. The van der Waals surface area contributed by atoms with E-state index in [1.807, 2.05) is 24.3 Å². The number of fused-ring (bicyclic) bond motifs is 1. The third-order valence-electron chi connectivity index (χ3n) is 7.20. The van der Waals surface area contributed by atoms with Gasteiger partial charge < -0.3 is 25.0 Å². The number of urea groups is 1. The number of benzene rings is 1. The number of amides is 2. The summed E-state index contributed by atoms with van der Waals surface area (Å²) < 4.78 is 1.70. The van der Waals surface area contributed by atoms with Gasteiger partial charge in [-0.1, -0.05) is 38.5 Å². The van der Waals surface area contributed by atoms with Gasteiger partial charge in [0.25, 0.3) is 5.56 Å². The van der Waals surface area contributed by atoms with E-state index in [1.54, 1.807) is 10.8 Å². The zero-order chi connectivity index (χ0) is 23.9. The number of aromatic nitrogens is 1. The summed E-state index contributed by atoms with van der Waals surface area (Å²) in [6.45, 7) is 11.3. The molecule has 0 spiro atoms. The second kappa shape index (κ2) is 11.8. The molecule has 2 aromatic rings. The van der Waals surface area contributed by atoms with E-state index in [0.717, 1.165) is 37.5 Å². The zero-order valence-corrected chi connectivity index (χ0v) is 20.9. The first-order valence-corrected chi connectivity index (χ1v) is 13.1. The summed E-state index contributed by atoms with van der Waals surface area (Å²) >= 11 is 0. The van der Waals surface area contributed by atoms with Crippen LogP contribution in [0.5, 0.6) is 0 Å². The Morgan fingerprint density at radius 1 is 1.03 bits per heavy atom. The summed E-state index contributed by atoms with van der Waals surface area (Å²) in [7, 11) is 0. The van der Waals surface area contributed by atoms with Crippen molar-refractivity contribution in [2.24, 2.45) is 5.92 Å². The van der Waals surface area contributed by atoms with E-state index in [1.165, 1.54) is 45.2 Å². The molecule has 2 N–H and O–H groups in total. The number of hydrogen-bond acceptors (Lipinski definition) is 4. The Labute approximate surface area is 203 Å². The van der Waals surface area contributed by atoms with E-state index >= 15 is 0 Å². The molecule has 7 nitrogen and oxygen atoms in total. The number of anilines is 1. The Morgan fingerprint density at radius 3 is 2.44 bits per heavy atom. The molecule has 2 fully saturated rings. The van der Waals surface area contributed by atoms with Crippen molar-refractivity contribution in [3.8, 4) is 0 Å². The molecule has 4 rings (SSSR count). The highest BCUT2D eigenvalue weighted by Gasteiger charge is 2.25. The van der Waals surface area contributed by atoms with Gasteiger partial charge in [-0.15, -0.1) is 0 Å².